The van der Waals surface area contributed by atoms with Crippen molar-refractivity contribution in [2.24, 2.45) is 0 Å². The van der Waals surface area contributed by atoms with Crippen molar-refractivity contribution < 1.29 is 5.11 Å². The van der Waals surface area contributed by atoms with E-state index in [2.05, 4.69) is 38.2 Å². The normalized spacial score (nSPS) is 15.3. The molecule has 0 saturated carbocycles. The number of hydrogen-bond acceptors (Lipinski definition) is 2. The quantitative estimate of drug-likeness (QED) is 0.773. The molecule has 2 N–H and O–H groups in total. The molecule has 0 spiro atoms. The molecule has 1 aromatic carbocycles. The highest BCUT2D eigenvalue weighted by molar-refractivity contribution is 5.25. The molecule has 2 nitrogen and oxygen atoms in total. The van der Waals surface area contributed by atoms with Crippen LogP contribution in [0.5, 0.6) is 0 Å². The maximum Gasteiger partial charge on any atom is 0.0537 e. The third-order valence-corrected chi connectivity index (χ3v) is 2.72. The fourth-order valence-electron chi connectivity index (χ4n) is 1.52. The first-order valence-electron chi connectivity index (χ1n) is 5.48. The fraction of sp³-hybridized carbons (Fsp3) is 0.538. The molecule has 15 heavy (non-hydrogen) atoms. The second kappa shape index (κ2) is 5.29. The lowest BCUT2D eigenvalue weighted by Crippen LogP contribution is -2.41. The van der Waals surface area contributed by atoms with Crippen molar-refractivity contribution in [3.8, 4) is 0 Å². The van der Waals surface area contributed by atoms with E-state index in [1.807, 2.05) is 18.2 Å². The van der Waals surface area contributed by atoms with Crippen molar-refractivity contribution in [2.45, 2.75) is 32.2 Å². The van der Waals surface area contributed by atoms with E-state index < -0.39 is 0 Å². The van der Waals surface area contributed by atoms with E-state index in [9.17, 15) is 5.11 Å². The molecule has 0 aliphatic heterocycles. The zero-order valence-corrected chi connectivity index (χ0v) is 9.83. The smallest absolute Gasteiger partial charge is 0.0537 e. The van der Waals surface area contributed by atoms with Gasteiger partial charge in [-0.3, -0.25) is 0 Å². The van der Waals surface area contributed by atoms with E-state index in [0.29, 0.717) is 6.04 Å². The van der Waals surface area contributed by atoms with Crippen LogP contribution < -0.4 is 5.32 Å². The van der Waals surface area contributed by atoms with E-state index in [4.69, 9.17) is 0 Å². The maximum atomic E-state index is 9.51. The lowest BCUT2D eigenvalue weighted by molar-refractivity contribution is 0.199. The Morgan fingerprint density at radius 1 is 1.27 bits per heavy atom. The van der Waals surface area contributed by atoms with Gasteiger partial charge in [0.25, 0.3) is 0 Å². The molecule has 0 fully saturated rings. The van der Waals surface area contributed by atoms with Gasteiger partial charge in [0.15, 0.2) is 0 Å². The van der Waals surface area contributed by atoms with E-state index in [0.717, 1.165) is 6.54 Å². The van der Waals surface area contributed by atoms with Gasteiger partial charge < -0.3 is 10.4 Å². The van der Waals surface area contributed by atoms with Crippen LogP contribution in [0.1, 0.15) is 26.3 Å². The Kier molecular flexibility index (Phi) is 4.30. The zero-order valence-electron chi connectivity index (χ0n) is 9.83. The van der Waals surface area contributed by atoms with E-state index >= 15 is 0 Å². The summed E-state index contributed by atoms with van der Waals surface area (Å²) in [5.74, 6) is 0. The fourth-order valence-corrected chi connectivity index (χ4v) is 1.52. The van der Waals surface area contributed by atoms with Gasteiger partial charge in [0.05, 0.1) is 6.61 Å². The van der Waals surface area contributed by atoms with Crippen molar-refractivity contribution in [1.29, 1.82) is 0 Å². The largest absolute Gasteiger partial charge is 0.395 e. The standard InChI is InChI=1S/C13H21NO/c1-11(2)14-9-13(3,10-15)12-7-5-4-6-8-12/h4-8,11,14-15H,9-10H2,1-3H3. The Labute approximate surface area is 92.3 Å². The van der Waals surface area contributed by atoms with Crippen molar-refractivity contribution in [1.82, 2.24) is 5.32 Å². The van der Waals surface area contributed by atoms with E-state index in [1.165, 1.54) is 5.56 Å². The predicted octanol–water partition coefficient (Wildman–Crippen LogP) is 1.93. The molecule has 0 saturated heterocycles. The Bertz CT molecular complexity index is 284. The minimum atomic E-state index is -0.189. The van der Waals surface area contributed by atoms with Gasteiger partial charge in [-0.15, -0.1) is 0 Å². The summed E-state index contributed by atoms with van der Waals surface area (Å²) in [5, 5.41) is 12.9. The molecule has 0 aromatic heterocycles. The number of hydrogen-bond donors (Lipinski definition) is 2. The van der Waals surface area contributed by atoms with Crippen LogP contribution in [0.3, 0.4) is 0 Å². The molecule has 0 heterocycles. The summed E-state index contributed by atoms with van der Waals surface area (Å²) in [6, 6.07) is 10.6. The van der Waals surface area contributed by atoms with Gasteiger partial charge in [-0.05, 0) is 5.56 Å². The van der Waals surface area contributed by atoms with Crippen molar-refractivity contribution in [3.63, 3.8) is 0 Å². The third-order valence-electron chi connectivity index (χ3n) is 2.72. The molecule has 1 unspecified atom stereocenters. The monoisotopic (exact) mass is 207 g/mol. The number of rotatable bonds is 5. The van der Waals surface area contributed by atoms with Crippen LogP contribution in [0.15, 0.2) is 30.3 Å². The molecule has 0 aliphatic carbocycles. The first kappa shape index (κ1) is 12.2. The highest BCUT2D eigenvalue weighted by Gasteiger charge is 2.25. The average molecular weight is 207 g/mol. The molecule has 84 valence electrons. The average Bonchev–Trinajstić information content (AvgIpc) is 2.27. The summed E-state index contributed by atoms with van der Waals surface area (Å²) < 4.78 is 0. The summed E-state index contributed by atoms with van der Waals surface area (Å²) in [5.41, 5.74) is 0.992. The van der Waals surface area contributed by atoms with Gasteiger partial charge in [-0.25, -0.2) is 0 Å². The molecule has 1 atom stereocenters. The SMILES string of the molecule is CC(C)NCC(C)(CO)c1ccccc1. The molecule has 1 aromatic rings. The van der Waals surface area contributed by atoms with Gasteiger partial charge in [-0.1, -0.05) is 51.1 Å². The van der Waals surface area contributed by atoms with Crippen LogP contribution in [0, 0.1) is 0 Å². The van der Waals surface area contributed by atoms with Gasteiger partial charge in [0.2, 0.25) is 0 Å². The minimum Gasteiger partial charge on any atom is -0.395 e. The predicted molar refractivity (Wildman–Crippen MR) is 64.0 cm³/mol. The first-order valence-corrected chi connectivity index (χ1v) is 5.48. The lowest BCUT2D eigenvalue weighted by atomic mass is 9.83. The van der Waals surface area contributed by atoms with Crippen molar-refractivity contribution in [2.75, 3.05) is 13.2 Å². The number of nitrogens with one attached hydrogen (secondary N) is 1. The molecule has 0 radical (unpaired) electrons. The molecule has 0 bridgehead atoms. The van der Waals surface area contributed by atoms with Crippen LogP contribution in [0.25, 0.3) is 0 Å². The van der Waals surface area contributed by atoms with Crippen molar-refractivity contribution in [3.05, 3.63) is 35.9 Å². The van der Waals surface area contributed by atoms with E-state index in [-0.39, 0.29) is 12.0 Å². The second-order valence-electron chi connectivity index (χ2n) is 4.62. The van der Waals surface area contributed by atoms with Gasteiger partial charge in [0, 0.05) is 18.0 Å². The molecular formula is C13H21NO. The molecule has 1 rings (SSSR count). The molecule has 2 heteroatoms. The highest BCUT2D eigenvalue weighted by Crippen LogP contribution is 2.22. The van der Waals surface area contributed by atoms with Crippen LogP contribution in [0.4, 0.5) is 0 Å². The molecular weight excluding hydrogens is 186 g/mol. The van der Waals surface area contributed by atoms with E-state index in [1.54, 1.807) is 0 Å². The highest BCUT2D eigenvalue weighted by atomic mass is 16.3. The zero-order chi connectivity index (χ0) is 11.3. The van der Waals surface area contributed by atoms with Gasteiger partial charge in [0.1, 0.15) is 0 Å². The Morgan fingerprint density at radius 2 is 1.87 bits per heavy atom. The number of benzene rings is 1. The third kappa shape index (κ3) is 3.33. The molecule has 0 amide bonds. The van der Waals surface area contributed by atoms with Gasteiger partial charge >= 0.3 is 0 Å². The Hall–Kier alpha value is -0.860. The van der Waals surface area contributed by atoms with Gasteiger partial charge in [-0.2, -0.15) is 0 Å². The van der Waals surface area contributed by atoms with Crippen molar-refractivity contribution >= 4 is 0 Å². The summed E-state index contributed by atoms with van der Waals surface area (Å²) >= 11 is 0. The first-order chi connectivity index (χ1) is 7.08. The van der Waals surface area contributed by atoms with Crippen LogP contribution >= 0.6 is 0 Å². The topological polar surface area (TPSA) is 32.3 Å². The molecule has 0 aliphatic rings. The second-order valence-corrected chi connectivity index (χ2v) is 4.62. The number of aliphatic hydroxyl groups is 1. The minimum absolute atomic E-state index is 0.163. The number of aliphatic hydroxyl groups excluding tert-OH is 1. The summed E-state index contributed by atoms with van der Waals surface area (Å²) in [4.78, 5) is 0. The summed E-state index contributed by atoms with van der Waals surface area (Å²) in [7, 11) is 0. The van der Waals surface area contributed by atoms with Crippen LogP contribution in [0.2, 0.25) is 0 Å². The van der Waals surface area contributed by atoms with Crippen LogP contribution in [-0.2, 0) is 5.41 Å². The lowest BCUT2D eigenvalue weighted by Gasteiger charge is -2.29. The summed E-state index contributed by atoms with van der Waals surface area (Å²) in [6.45, 7) is 7.27. The maximum absolute atomic E-state index is 9.51. The Morgan fingerprint density at radius 3 is 2.33 bits per heavy atom. The van der Waals surface area contributed by atoms with Crippen LogP contribution in [-0.4, -0.2) is 24.3 Å². The summed E-state index contributed by atoms with van der Waals surface area (Å²) in [6.07, 6.45) is 0. The Balaban J connectivity index is 2.76.